The van der Waals surface area contributed by atoms with Crippen LogP contribution in [0.1, 0.15) is 17.5 Å². The lowest BCUT2D eigenvalue weighted by molar-refractivity contribution is -0.147. The molecule has 2 unspecified atom stereocenters. The Kier molecular flexibility index (Phi) is 10.7. The molecule has 208 valence electrons. The van der Waals surface area contributed by atoms with Crippen LogP contribution >= 0.6 is 0 Å². The molecule has 3 aromatic carbocycles. The van der Waals surface area contributed by atoms with Gasteiger partial charge in [-0.05, 0) is 21.9 Å². The fourth-order valence-corrected chi connectivity index (χ4v) is 5.04. The van der Waals surface area contributed by atoms with Crippen LogP contribution in [0.4, 0.5) is 0 Å². The number of hydrogen-bond acceptors (Lipinski definition) is 8. The third-order valence-electron chi connectivity index (χ3n) is 5.96. The number of fused-ring (bicyclic) bond motifs is 1. The number of carbonyl (C=O) groups excluding carboxylic acids is 3. The summed E-state index contributed by atoms with van der Waals surface area (Å²) in [7, 11) is -2.50. The van der Waals surface area contributed by atoms with Gasteiger partial charge in [0, 0.05) is 20.2 Å². The molecule has 0 fully saturated rings. The van der Waals surface area contributed by atoms with Gasteiger partial charge in [0.05, 0.1) is 19.3 Å². The van der Waals surface area contributed by atoms with Gasteiger partial charge in [-0.2, -0.15) is 0 Å². The molecule has 3 rings (SSSR count). The van der Waals surface area contributed by atoms with Crippen LogP contribution in [0.5, 0.6) is 0 Å². The maximum atomic E-state index is 13.0. The topological polar surface area (TPSA) is 140 Å². The van der Waals surface area contributed by atoms with Gasteiger partial charge in [-0.15, -0.1) is 0 Å². The molecule has 0 saturated carbocycles. The van der Waals surface area contributed by atoms with Crippen molar-refractivity contribution in [3.05, 3.63) is 83.9 Å². The van der Waals surface area contributed by atoms with Gasteiger partial charge in [-0.1, -0.05) is 72.8 Å². The van der Waals surface area contributed by atoms with E-state index in [2.05, 4.69) is 15.4 Å². The predicted octanol–water partition coefficient (Wildman–Crippen LogP) is 1.68. The third-order valence-corrected chi connectivity index (χ3v) is 6.74. The van der Waals surface area contributed by atoms with Gasteiger partial charge >= 0.3 is 5.97 Å². The molecule has 0 aliphatic carbocycles. The summed E-state index contributed by atoms with van der Waals surface area (Å²) in [6.45, 7) is -0.217. The number of carbonyl (C=O) groups is 3. The lowest BCUT2D eigenvalue weighted by Crippen LogP contribution is -2.60. The van der Waals surface area contributed by atoms with Crippen LogP contribution in [-0.2, 0) is 47.0 Å². The number of amides is 1. The Morgan fingerprint density at radius 2 is 1.69 bits per heavy atom. The van der Waals surface area contributed by atoms with Gasteiger partial charge in [0.1, 0.15) is 24.5 Å². The molecule has 1 amide bonds. The van der Waals surface area contributed by atoms with E-state index in [1.807, 2.05) is 48.5 Å². The first-order valence-electron chi connectivity index (χ1n) is 12.3. The van der Waals surface area contributed by atoms with Crippen LogP contribution in [0.15, 0.2) is 72.8 Å². The van der Waals surface area contributed by atoms with E-state index >= 15 is 0 Å². The molecule has 3 N–H and O–H groups in total. The molecule has 3 aromatic rings. The third kappa shape index (κ3) is 9.25. The van der Waals surface area contributed by atoms with E-state index in [0.717, 1.165) is 28.2 Å². The number of sulfonamides is 1. The average molecular weight is 556 g/mol. The van der Waals surface area contributed by atoms with Gasteiger partial charge < -0.3 is 24.9 Å². The first-order chi connectivity index (χ1) is 18.6. The fraction of sp³-hybridized carbons (Fsp3) is 0.321. The van der Waals surface area contributed by atoms with E-state index in [0.29, 0.717) is 6.29 Å². The normalized spacial score (nSPS) is 13.8. The zero-order valence-electron chi connectivity index (χ0n) is 21.9. The summed E-state index contributed by atoms with van der Waals surface area (Å²) in [4.78, 5) is 37.8. The van der Waals surface area contributed by atoms with E-state index in [-0.39, 0.29) is 26.3 Å². The second-order valence-electron chi connectivity index (χ2n) is 9.22. The number of rotatable bonds is 15. The molecule has 2 atom stereocenters. The van der Waals surface area contributed by atoms with E-state index in [1.54, 1.807) is 24.3 Å². The highest BCUT2D eigenvalue weighted by molar-refractivity contribution is 7.88. The van der Waals surface area contributed by atoms with Crippen molar-refractivity contribution in [3.63, 3.8) is 0 Å². The predicted molar refractivity (Wildman–Crippen MR) is 147 cm³/mol. The Morgan fingerprint density at radius 3 is 2.38 bits per heavy atom. The number of hydrogen-bond donors (Lipinski definition) is 3. The number of benzene rings is 3. The maximum absolute atomic E-state index is 13.0. The minimum atomic E-state index is -3.91. The van der Waals surface area contributed by atoms with Crippen molar-refractivity contribution in [1.82, 2.24) is 15.4 Å². The van der Waals surface area contributed by atoms with Crippen molar-refractivity contribution in [1.29, 1.82) is 0 Å². The lowest BCUT2D eigenvalue weighted by atomic mass is 9.98. The molecule has 0 saturated heterocycles. The van der Waals surface area contributed by atoms with Crippen LogP contribution in [0.2, 0.25) is 0 Å². The van der Waals surface area contributed by atoms with Crippen molar-refractivity contribution in [3.8, 4) is 0 Å². The lowest BCUT2D eigenvalue weighted by Gasteiger charge is -2.30. The molecule has 10 nitrogen and oxygen atoms in total. The molecule has 0 aliphatic heterocycles. The molecule has 0 aliphatic rings. The van der Waals surface area contributed by atoms with Gasteiger partial charge in [-0.3, -0.25) is 9.59 Å². The Bertz CT molecular complexity index is 1380. The summed E-state index contributed by atoms with van der Waals surface area (Å²) < 4.78 is 36.8. The molecule has 0 heterocycles. The average Bonchev–Trinajstić information content (AvgIpc) is 2.92. The van der Waals surface area contributed by atoms with E-state index in [1.165, 1.54) is 7.11 Å². The minimum absolute atomic E-state index is 0.0379. The van der Waals surface area contributed by atoms with E-state index in [4.69, 9.17) is 9.47 Å². The van der Waals surface area contributed by atoms with Crippen LogP contribution in [-0.4, -0.2) is 64.7 Å². The highest BCUT2D eigenvalue weighted by atomic mass is 32.2. The van der Waals surface area contributed by atoms with Crippen molar-refractivity contribution in [2.45, 2.75) is 31.2 Å². The van der Waals surface area contributed by atoms with Gasteiger partial charge in [0.2, 0.25) is 15.9 Å². The fourth-order valence-electron chi connectivity index (χ4n) is 4.11. The highest BCUT2D eigenvalue weighted by Gasteiger charge is 2.37. The van der Waals surface area contributed by atoms with E-state index < -0.39 is 39.9 Å². The van der Waals surface area contributed by atoms with Crippen molar-refractivity contribution >= 4 is 39.0 Å². The molecule has 0 aromatic heterocycles. The van der Waals surface area contributed by atoms with Crippen molar-refractivity contribution < 1.29 is 32.3 Å². The second kappa shape index (κ2) is 13.9. The Hall–Kier alpha value is -3.64. The summed E-state index contributed by atoms with van der Waals surface area (Å²) in [5, 5.41) is 7.78. The summed E-state index contributed by atoms with van der Waals surface area (Å²) in [6, 6.07) is 21.6. The van der Waals surface area contributed by atoms with Crippen LogP contribution < -0.4 is 15.4 Å². The van der Waals surface area contributed by atoms with Crippen LogP contribution in [0.3, 0.4) is 0 Å². The zero-order chi connectivity index (χ0) is 28.3. The quantitative estimate of drug-likeness (QED) is 0.190. The van der Waals surface area contributed by atoms with Crippen LogP contribution in [0, 0.1) is 0 Å². The summed E-state index contributed by atoms with van der Waals surface area (Å²) >= 11 is 0. The molecular weight excluding hydrogens is 522 g/mol. The molecule has 39 heavy (non-hydrogen) atoms. The molecule has 0 radical (unpaired) electrons. The van der Waals surface area contributed by atoms with Gasteiger partial charge in [0.15, 0.2) is 0 Å². The number of methoxy groups -OCH3 is 1. The number of ether oxygens (including phenoxy) is 2. The Balaban J connectivity index is 1.68. The smallest absolute Gasteiger partial charge is 0.308 e. The second-order valence-corrected chi connectivity index (χ2v) is 11.0. The Labute approximate surface area is 228 Å². The molecule has 0 spiro atoms. The molecular formula is C28H33N3O7S. The highest BCUT2D eigenvalue weighted by Crippen LogP contribution is 2.18. The molecule has 11 heteroatoms. The Morgan fingerprint density at radius 1 is 1.00 bits per heavy atom. The maximum Gasteiger partial charge on any atom is 0.308 e. The van der Waals surface area contributed by atoms with Gasteiger partial charge in [-0.25, -0.2) is 13.1 Å². The minimum Gasteiger partial charge on any atom is -0.461 e. The summed E-state index contributed by atoms with van der Waals surface area (Å²) in [5.74, 6) is -1.21. The molecule has 0 bridgehead atoms. The first kappa shape index (κ1) is 29.9. The van der Waals surface area contributed by atoms with Gasteiger partial charge in [0.25, 0.3) is 0 Å². The van der Waals surface area contributed by atoms with Crippen molar-refractivity contribution in [2.24, 2.45) is 0 Å². The largest absolute Gasteiger partial charge is 0.461 e. The van der Waals surface area contributed by atoms with Crippen LogP contribution in [0.25, 0.3) is 10.8 Å². The SMILES string of the molecule is COCC(NCC(C=O)(CC(=O)OCc1ccccc1)NS(C)(=O)=O)C(=O)NCc1cccc2ccccc12. The number of esters is 1. The number of aldehydes is 1. The summed E-state index contributed by atoms with van der Waals surface area (Å²) in [6.07, 6.45) is 0.632. The summed E-state index contributed by atoms with van der Waals surface area (Å²) in [5.41, 5.74) is -0.233. The zero-order valence-corrected chi connectivity index (χ0v) is 22.7. The van der Waals surface area contributed by atoms with Crippen molar-refractivity contribution in [2.75, 3.05) is 26.5 Å². The first-order valence-corrected chi connectivity index (χ1v) is 14.2. The standard InChI is InChI=1S/C28H33N3O7S/c1-37-18-25(27(34)29-16-23-13-8-12-22-11-6-7-14-24(22)23)30-19-28(20-32,31-39(2,35)36)15-26(33)38-17-21-9-4-3-5-10-21/h3-14,20,25,30-31H,15-19H2,1-2H3,(H,29,34). The number of nitrogens with one attached hydrogen (secondary N) is 3. The monoisotopic (exact) mass is 555 g/mol. The van der Waals surface area contributed by atoms with E-state index in [9.17, 15) is 22.8 Å².